The zero-order valence-electron chi connectivity index (χ0n) is 14.8. The number of benzene rings is 1. The Hall–Kier alpha value is -2.13. The Morgan fingerprint density at radius 3 is 2.62 bits per heavy atom. The normalized spacial score (nSPS) is 15.0. The summed E-state index contributed by atoms with van der Waals surface area (Å²) < 4.78 is 2.57. The Morgan fingerprint density at radius 1 is 1.08 bits per heavy atom. The van der Waals surface area contributed by atoms with Crippen LogP contribution in [0.5, 0.6) is 0 Å². The van der Waals surface area contributed by atoms with Crippen molar-refractivity contribution in [2.75, 3.05) is 13.6 Å². The van der Waals surface area contributed by atoms with E-state index in [0.717, 1.165) is 32.5 Å². The summed E-state index contributed by atoms with van der Waals surface area (Å²) in [6, 6.07) is 9.03. The molecule has 3 heteroatoms. The lowest BCUT2D eigenvalue weighted by Gasteiger charge is -2.24. The van der Waals surface area contributed by atoms with E-state index in [-0.39, 0.29) is 0 Å². The van der Waals surface area contributed by atoms with Gasteiger partial charge in [0.05, 0.1) is 0 Å². The van der Waals surface area contributed by atoms with Crippen LogP contribution >= 0.6 is 0 Å². The highest BCUT2D eigenvalue weighted by Crippen LogP contribution is 2.32. The quantitative estimate of drug-likeness (QED) is 0.730. The van der Waals surface area contributed by atoms with E-state index in [1.54, 1.807) is 5.69 Å². The molecule has 0 bridgehead atoms. The Bertz CT molecular complexity index is 877. The fraction of sp³-hybridized carbons (Fsp3) is 0.381. The Labute approximate surface area is 143 Å². The average molecular weight is 319 g/mol. The van der Waals surface area contributed by atoms with Crippen LogP contribution in [-0.2, 0) is 25.9 Å². The van der Waals surface area contributed by atoms with Crippen LogP contribution in [0.15, 0.2) is 36.7 Å². The van der Waals surface area contributed by atoms with Crippen molar-refractivity contribution in [3.05, 3.63) is 64.6 Å². The SMILES string of the molecule is Cc1cc2c3c(n(CCc4ccncc4)c2cc1C)CCN(C)C3. The fourth-order valence-electron chi connectivity index (χ4n) is 3.88. The molecule has 1 aliphatic heterocycles. The van der Waals surface area contributed by atoms with Crippen molar-refractivity contribution in [2.24, 2.45) is 0 Å². The third-order valence-corrected chi connectivity index (χ3v) is 5.43. The Balaban J connectivity index is 1.80. The van der Waals surface area contributed by atoms with Gasteiger partial charge in [0.15, 0.2) is 0 Å². The van der Waals surface area contributed by atoms with Gasteiger partial charge in [0.1, 0.15) is 0 Å². The summed E-state index contributed by atoms with van der Waals surface area (Å²) >= 11 is 0. The molecule has 0 amide bonds. The van der Waals surface area contributed by atoms with Gasteiger partial charge in [-0.15, -0.1) is 0 Å². The second-order valence-electron chi connectivity index (χ2n) is 7.12. The summed E-state index contributed by atoms with van der Waals surface area (Å²) in [5.41, 5.74) is 8.63. The maximum atomic E-state index is 4.13. The Morgan fingerprint density at radius 2 is 1.83 bits per heavy atom. The van der Waals surface area contributed by atoms with Crippen LogP contribution in [0.1, 0.15) is 27.9 Å². The second-order valence-corrected chi connectivity index (χ2v) is 7.12. The van der Waals surface area contributed by atoms with Gasteiger partial charge in [-0.25, -0.2) is 0 Å². The molecular formula is C21H25N3. The van der Waals surface area contributed by atoms with Crippen molar-refractivity contribution in [1.29, 1.82) is 0 Å². The zero-order valence-corrected chi connectivity index (χ0v) is 14.8. The van der Waals surface area contributed by atoms with E-state index in [9.17, 15) is 0 Å². The molecule has 0 N–H and O–H groups in total. The van der Waals surface area contributed by atoms with Gasteiger partial charge in [-0.05, 0) is 73.8 Å². The summed E-state index contributed by atoms with van der Waals surface area (Å²) in [7, 11) is 2.23. The van der Waals surface area contributed by atoms with Gasteiger partial charge < -0.3 is 9.47 Å². The highest BCUT2D eigenvalue weighted by Gasteiger charge is 2.22. The largest absolute Gasteiger partial charge is 0.344 e. The van der Waals surface area contributed by atoms with Crippen molar-refractivity contribution in [1.82, 2.24) is 14.5 Å². The van der Waals surface area contributed by atoms with Crippen molar-refractivity contribution >= 4 is 10.9 Å². The van der Waals surface area contributed by atoms with Crippen molar-refractivity contribution in [3.63, 3.8) is 0 Å². The van der Waals surface area contributed by atoms with E-state index in [1.807, 2.05) is 12.4 Å². The number of pyridine rings is 1. The molecule has 124 valence electrons. The van der Waals surface area contributed by atoms with Gasteiger partial charge >= 0.3 is 0 Å². The molecule has 24 heavy (non-hydrogen) atoms. The van der Waals surface area contributed by atoms with Crippen LogP contribution in [0, 0.1) is 13.8 Å². The van der Waals surface area contributed by atoms with E-state index < -0.39 is 0 Å². The van der Waals surface area contributed by atoms with Gasteiger partial charge in [-0.3, -0.25) is 4.98 Å². The van der Waals surface area contributed by atoms with E-state index in [0.29, 0.717) is 0 Å². The molecule has 2 aromatic heterocycles. The summed E-state index contributed by atoms with van der Waals surface area (Å²) in [6.07, 6.45) is 5.98. The smallest absolute Gasteiger partial charge is 0.0488 e. The minimum Gasteiger partial charge on any atom is -0.344 e. The van der Waals surface area contributed by atoms with Crippen LogP contribution in [0.2, 0.25) is 0 Å². The number of aromatic nitrogens is 2. The van der Waals surface area contributed by atoms with Crippen molar-refractivity contribution in [2.45, 2.75) is 39.8 Å². The topological polar surface area (TPSA) is 21.1 Å². The minimum absolute atomic E-state index is 1.04. The number of fused-ring (bicyclic) bond motifs is 3. The molecule has 0 aliphatic carbocycles. The van der Waals surface area contributed by atoms with Gasteiger partial charge in [0.25, 0.3) is 0 Å². The molecule has 0 spiro atoms. The molecule has 1 aliphatic rings. The number of nitrogens with zero attached hydrogens (tertiary/aromatic N) is 3. The molecule has 0 saturated heterocycles. The van der Waals surface area contributed by atoms with E-state index in [4.69, 9.17) is 0 Å². The monoisotopic (exact) mass is 319 g/mol. The third-order valence-electron chi connectivity index (χ3n) is 5.43. The zero-order chi connectivity index (χ0) is 16.7. The summed E-state index contributed by atoms with van der Waals surface area (Å²) in [5.74, 6) is 0. The fourth-order valence-corrected chi connectivity index (χ4v) is 3.88. The maximum absolute atomic E-state index is 4.13. The van der Waals surface area contributed by atoms with Gasteiger partial charge in [0.2, 0.25) is 0 Å². The molecule has 3 aromatic rings. The molecule has 3 heterocycles. The molecule has 1 aromatic carbocycles. The highest BCUT2D eigenvalue weighted by atomic mass is 15.1. The predicted molar refractivity (Wildman–Crippen MR) is 99.4 cm³/mol. The number of rotatable bonds is 3. The molecule has 0 atom stereocenters. The lowest BCUT2D eigenvalue weighted by atomic mass is 10.0. The van der Waals surface area contributed by atoms with Crippen LogP contribution in [0.4, 0.5) is 0 Å². The van der Waals surface area contributed by atoms with Gasteiger partial charge in [-0.2, -0.15) is 0 Å². The van der Waals surface area contributed by atoms with Crippen LogP contribution in [0.3, 0.4) is 0 Å². The number of hydrogen-bond donors (Lipinski definition) is 0. The first-order valence-corrected chi connectivity index (χ1v) is 8.82. The summed E-state index contributed by atoms with van der Waals surface area (Å²) in [6.45, 7) is 7.71. The van der Waals surface area contributed by atoms with Crippen LogP contribution in [0.25, 0.3) is 10.9 Å². The van der Waals surface area contributed by atoms with E-state index in [2.05, 4.69) is 59.6 Å². The number of aryl methyl sites for hydroxylation is 4. The molecular weight excluding hydrogens is 294 g/mol. The van der Waals surface area contributed by atoms with Crippen molar-refractivity contribution < 1.29 is 0 Å². The van der Waals surface area contributed by atoms with E-state index in [1.165, 1.54) is 33.2 Å². The highest BCUT2D eigenvalue weighted by molar-refractivity contribution is 5.87. The minimum atomic E-state index is 1.04. The molecule has 4 rings (SSSR count). The number of likely N-dealkylation sites (N-methyl/N-ethyl adjacent to an activating group) is 1. The number of hydrogen-bond acceptors (Lipinski definition) is 2. The lowest BCUT2D eigenvalue weighted by molar-refractivity contribution is 0.309. The first-order chi connectivity index (χ1) is 11.6. The maximum Gasteiger partial charge on any atom is 0.0488 e. The molecule has 3 nitrogen and oxygen atoms in total. The van der Waals surface area contributed by atoms with Gasteiger partial charge in [0, 0.05) is 55.0 Å². The molecule has 0 saturated carbocycles. The predicted octanol–water partition coefficient (Wildman–Crippen LogP) is 3.88. The lowest BCUT2D eigenvalue weighted by Crippen LogP contribution is -2.27. The first-order valence-electron chi connectivity index (χ1n) is 8.82. The van der Waals surface area contributed by atoms with Crippen LogP contribution < -0.4 is 0 Å². The molecule has 0 radical (unpaired) electrons. The standard InChI is InChI=1S/C21H25N3/c1-15-12-18-19-14-23(3)10-7-20(19)24(21(18)13-16(15)2)11-6-17-4-8-22-9-5-17/h4-5,8-9,12-13H,6-7,10-11,14H2,1-3H3. The van der Waals surface area contributed by atoms with Gasteiger partial charge in [-0.1, -0.05) is 0 Å². The second kappa shape index (κ2) is 6.06. The average Bonchev–Trinajstić information content (AvgIpc) is 2.87. The van der Waals surface area contributed by atoms with Crippen molar-refractivity contribution in [3.8, 4) is 0 Å². The Kier molecular flexibility index (Phi) is 3.89. The third kappa shape index (κ3) is 2.63. The first kappa shape index (κ1) is 15.4. The molecule has 0 fully saturated rings. The summed E-state index contributed by atoms with van der Waals surface area (Å²) in [4.78, 5) is 6.56. The summed E-state index contributed by atoms with van der Waals surface area (Å²) in [5, 5.41) is 1.45. The van der Waals surface area contributed by atoms with Crippen LogP contribution in [-0.4, -0.2) is 28.0 Å². The molecule has 0 unspecified atom stereocenters. The van der Waals surface area contributed by atoms with E-state index >= 15 is 0 Å².